The van der Waals surface area contributed by atoms with Gasteiger partial charge in [0.25, 0.3) is 0 Å². The second-order valence-corrected chi connectivity index (χ2v) is 10.1. The van der Waals surface area contributed by atoms with Crippen LogP contribution in [0.25, 0.3) is 5.69 Å². The van der Waals surface area contributed by atoms with E-state index in [1.165, 1.54) is 12.3 Å². The minimum absolute atomic E-state index is 0.260. The van der Waals surface area contributed by atoms with E-state index >= 15 is 0 Å². The highest BCUT2D eigenvalue weighted by molar-refractivity contribution is 6.35. The largest absolute Gasteiger partial charge is 0.457 e. The van der Waals surface area contributed by atoms with Crippen molar-refractivity contribution in [1.82, 2.24) is 14.8 Å². The van der Waals surface area contributed by atoms with Gasteiger partial charge >= 0.3 is 6.03 Å². The number of aliphatic hydroxyl groups excluding tert-OH is 1. The van der Waals surface area contributed by atoms with Crippen molar-refractivity contribution < 1.29 is 14.6 Å². The van der Waals surface area contributed by atoms with Crippen molar-refractivity contribution >= 4 is 52.3 Å². The number of anilines is 2. The number of amides is 2. The third kappa shape index (κ3) is 6.03. The van der Waals surface area contributed by atoms with E-state index in [4.69, 9.17) is 50.4 Å². The third-order valence-corrected chi connectivity index (χ3v) is 6.81. The van der Waals surface area contributed by atoms with E-state index < -0.39 is 12.3 Å². The molecule has 2 heterocycles. The van der Waals surface area contributed by atoms with Gasteiger partial charge in [-0.1, -0.05) is 41.2 Å². The van der Waals surface area contributed by atoms with E-state index in [0.29, 0.717) is 44.7 Å². The first kappa shape index (κ1) is 26.3. The molecule has 38 heavy (non-hydrogen) atoms. The first-order valence-corrected chi connectivity index (χ1v) is 12.9. The molecule has 0 saturated heterocycles. The molecular formula is C26H23Cl3N6O3. The number of ether oxygens (including phenoxy) is 1. The van der Waals surface area contributed by atoms with E-state index in [1.54, 1.807) is 47.1 Å². The topological polar surface area (TPSA) is 127 Å². The summed E-state index contributed by atoms with van der Waals surface area (Å²) in [6.45, 7) is 0. The molecule has 0 radical (unpaired) electrons. The number of rotatable bonds is 7. The number of hydrogen-bond acceptors (Lipinski definition) is 6. The Bertz CT molecular complexity index is 1470. The second-order valence-electron chi connectivity index (χ2n) is 8.81. The molecule has 5 rings (SSSR count). The second kappa shape index (κ2) is 11.2. The van der Waals surface area contributed by atoms with Crippen molar-refractivity contribution in [3.05, 3.63) is 87.2 Å². The molecule has 9 nitrogen and oxygen atoms in total. The summed E-state index contributed by atoms with van der Waals surface area (Å²) in [6.07, 6.45) is 3.51. The Morgan fingerprint density at radius 2 is 1.76 bits per heavy atom. The maximum absolute atomic E-state index is 12.9. The zero-order valence-corrected chi connectivity index (χ0v) is 22.1. The van der Waals surface area contributed by atoms with Crippen molar-refractivity contribution in [2.75, 3.05) is 10.6 Å². The molecule has 2 aromatic carbocycles. The first-order chi connectivity index (χ1) is 18.2. The number of carbonyl (C=O) groups excluding carboxylic acids is 1. The number of aliphatic hydroxyl groups is 1. The van der Waals surface area contributed by atoms with Crippen molar-refractivity contribution in [1.29, 1.82) is 0 Å². The maximum atomic E-state index is 12.9. The van der Waals surface area contributed by atoms with Crippen LogP contribution in [0.1, 0.15) is 42.8 Å². The number of pyridine rings is 1. The van der Waals surface area contributed by atoms with Crippen molar-refractivity contribution in [2.24, 2.45) is 5.73 Å². The molecule has 1 aliphatic rings. The summed E-state index contributed by atoms with van der Waals surface area (Å²) in [7, 11) is 0. The minimum atomic E-state index is -1.22. The lowest BCUT2D eigenvalue weighted by Crippen LogP contribution is -2.21. The molecule has 2 aromatic heterocycles. The molecule has 4 aromatic rings. The van der Waals surface area contributed by atoms with Crippen LogP contribution in [0.3, 0.4) is 0 Å². The van der Waals surface area contributed by atoms with Crippen LogP contribution in [0.2, 0.25) is 15.1 Å². The first-order valence-electron chi connectivity index (χ1n) is 11.8. The molecular weight excluding hydrogens is 551 g/mol. The zero-order valence-electron chi connectivity index (χ0n) is 19.9. The predicted octanol–water partition coefficient (Wildman–Crippen LogP) is 6.88. The fourth-order valence-corrected chi connectivity index (χ4v) is 4.70. The number of benzene rings is 2. The molecule has 1 saturated carbocycles. The molecule has 12 heteroatoms. The minimum Gasteiger partial charge on any atom is -0.457 e. The Balaban J connectivity index is 1.32. The normalized spacial score (nSPS) is 14.0. The summed E-state index contributed by atoms with van der Waals surface area (Å²) >= 11 is 18.8. The van der Waals surface area contributed by atoms with E-state index in [1.807, 2.05) is 6.07 Å². The van der Waals surface area contributed by atoms with Gasteiger partial charge in [0.15, 0.2) is 0 Å². The van der Waals surface area contributed by atoms with Gasteiger partial charge in [0.05, 0.1) is 27.8 Å². The van der Waals surface area contributed by atoms with Gasteiger partial charge in [-0.25, -0.2) is 9.48 Å². The summed E-state index contributed by atoms with van der Waals surface area (Å²) in [5, 5.41) is 21.0. The van der Waals surface area contributed by atoms with Crippen molar-refractivity contribution in [3.63, 3.8) is 0 Å². The highest BCUT2D eigenvalue weighted by Gasteiger charge is 2.25. The molecule has 0 bridgehead atoms. The fraction of sp³-hybridized carbons (Fsp3) is 0.192. The predicted molar refractivity (Wildman–Crippen MR) is 148 cm³/mol. The average Bonchev–Trinajstić information content (AvgIpc) is 3.22. The Labute approximate surface area is 233 Å². The van der Waals surface area contributed by atoms with Crippen LogP contribution in [0.4, 0.5) is 16.3 Å². The Morgan fingerprint density at radius 3 is 2.42 bits per heavy atom. The molecule has 196 valence electrons. The van der Waals surface area contributed by atoms with Crippen LogP contribution in [0, 0.1) is 0 Å². The van der Waals surface area contributed by atoms with Gasteiger partial charge < -0.3 is 20.9 Å². The summed E-state index contributed by atoms with van der Waals surface area (Å²) < 4.78 is 7.39. The van der Waals surface area contributed by atoms with Gasteiger partial charge in [-0.05, 0) is 49.2 Å². The molecule has 1 atom stereocenters. The number of carbonyl (C=O) groups is 1. The van der Waals surface area contributed by atoms with Gasteiger partial charge in [-0.15, -0.1) is 0 Å². The van der Waals surface area contributed by atoms with Crippen LogP contribution < -0.4 is 21.1 Å². The number of nitrogens with two attached hydrogens (primary N) is 1. The lowest BCUT2D eigenvalue weighted by Gasteiger charge is -2.22. The zero-order chi connectivity index (χ0) is 26.8. The van der Waals surface area contributed by atoms with Crippen LogP contribution in [0.15, 0.2) is 60.8 Å². The van der Waals surface area contributed by atoms with Gasteiger partial charge in [-0.3, -0.25) is 10.3 Å². The van der Waals surface area contributed by atoms with Crippen LogP contribution in [-0.4, -0.2) is 25.9 Å². The van der Waals surface area contributed by atoms with E-state index in [9.17, 15) is 9.90 Å². The van der Waals surface area contributed by atoms with E-state index in [-0.39, 0.29) is 10.7 Å². The number of aromatic nitrogens is 3. The molecule has 5 N–H and O–H groups in total. The van der Waals surface area contributed by atoms with E-state index in [2.05, 4.69) is 15.6 Å². The lowest BCUT2D eigenvalue weighted by atomic mass is 9.83. The van der Waals surface area contributed by atoms with Gasteiger partial charge in [0.1, 0.15) is 23.5 Å². The van der Waals surface area contributed by atoms with Gasteiger partial charge in [0, 0.05) is 40.4 Å². The van der Waals surface area contributed by atoms with E-state index in [0.717, 1.165) is 25.0 Å². The van der Waals surface area contributed by atoms with Crippen LogP contribution in [0.5, 0.6) is 11.5 Å². The SMILES string of the molecule is NC(O)c1cc(Oc2ccc(NC(=O)Nc3cc(C4CCC4)nn3-c3cc(Cl)cc(Cl)c3)c(Cl)c2)ccn1. The molecule has 1 unspecified atom stereocenters. The molecule has 2 amide bonds. The highest BCUT2D eigenvalue weighted by atomic mass is 35.5. The summed E-state index contributed by atoms with van der Waals surface area (Å²) in [5.41, 5.74) is 7.62. The highest BCUT2D eigenvalue weighted by Crippen LogP contribution is 2.37. The molecule has 1 fully saturated rings. The Hall–Kier alpha value is -3.34. The standard InChI is InChI=1S/C26H23Cl3N6O3/c27-15-8-16(28)10-17(9-15)35-24(13-22(34-35)14-2-1-3-14)33-26(37)32-21-5-4-18(11-20(21)29)38-19-6-7-31-23(12-19)25(30)36/h4-14,25,36H,1-3,30H2,(H2,32,33,37). The van der Waals surface area contributed by atoms with Crippen molar-refractivity contribution in [2.45, 2.75) is 31.4 Å². The monoisotopic (exact) mass is 572 g/mol. The van der Waals surface area contributed by atoms with Crippen molar-refractivity contribution in [3.8, 4) is 17.2 Å². The molecule has 1 aliphatic carbocycles. The van der Waals surface area contributed by atoms with Gasteiger partial charge in [0.2, 0.25) is 0 Å². The Morgan fingerprint density at radius 1 is 1.03 bits per heavy atom. The number of urea groups is 1. The molecule has 0 spiro atoms. The lowest BCUT2D eigenvalue weighted by molar-refractivity contribution is 0.181. The van der Waals surface area contributed by atoms with Crippen LogP contribution in [-0.2, 0) is 0 Å². The summed E-state index contributed by atoms with van der Waals surface area (Å²) in [5.74, 6) is 1.66. The maximum Gasteiger partial charge on any atom is 0.324 e. The Kier molecular flexibility index (Phi) is 7.73. The summed E-state index contributed by atoms with van der Waals surface area (Å²) in [4.78, 5) is 16.9. The number of halogens is 3. The number of nitrogens with zero attached hydrogens (tertiary/aromatic N) is 3. The number of hydrogen-bond donors (Lipinski definition) is 4. The number of nitrogens with one attached hydrogen (secondary N) is 2. The third-order valence-electron chi connectivity index (χ3n) is 6.07. The average molecular weight is 574 g/mol. The smallest absolute Gasteiger partial charge is 0.324 e. The summed E-state index contributed by atoms with van der Waals surface area (Å²) in [6, 6.07) is 14.4. The van der Waals surface area contributed by atoms with Gasteiger partial charge in [-0.2, -0.15) is 5.10 Å². The fourth-order valence-electron chi connectivity index (χ4n) is 3.97. The molecule has 0 aliphatic heterocycles. The quantitative estimate of drug-likeness (QED) is 0.178. The van der Waals surface area contributed by atoms with Crippen LogP contribution >= 0.6 is 34.8 Å².